The highest BCUT2D eigenvalue weighted by atomic mass is 35.5. The molecule has 1 aromatic rings. The van der Waals surface area contributed by atoms with E-state index in [1.165, 1.54) is 0 Å². The summed E-state index contributed by atoms with van der Waals surface area (Å²) >= 11 is 12.6. The zero-order valence-electron chi connectivity index (χ0n) is 9.41. The van der Waals surface area contributed by atoms with Gasteiger partial charge in [0.25, 0.3) is 0 Å². The lowest BCUT2D eigenvalue weighted by molar-refractivity contribution is 0.0976. The fraction of sp³-hybridized carbons (Fsp3) is 0.333. The van der Waals surface area contributed by atoms with Gasteiger partial charge in [0.2, 0.25) is 0 Å². The van der Waals surface area contributed by atoms with Gasteiger partial charge in [0.15, 0.2) is 5.78 Å². The number of Topliss-reactive ketones (excluding diaryl/α,β-unsaturated/α-hetero) is 1. The minimum absolute atomic E-state index is 0.0848. The summed E-state index contributed by atoms with van der Waals surface area (Å²) < 4.78 is 0. The van der Waals surface area contributed by atoms with Gasteiger partial charge in [-0.15, -0.1) is 0 Å². The smallest absolute Gasteiger partial charge is 0.177 e. The third-order valence-corrected chi connectivity index (χ3v) is 4.10. The molecule has 1 unspecified atom stereocenters. The summed E-state index contributed by atoms with van der Waals surface area (Å²) in [6.07, 6.45) is 0. The summed E-state index contributed by atoms with van der Waals surface area (Å²) in [6.45, 7) is 3.81. The van der Waals surface area contributed by atoms with Crippen LogP contribution in [0.4, 0.5) is 0 Å². The number of rotatable bonds is 4. The van der Waals surface area contributed by atoms with Gasteiger partial charge >= 0.3 is 0 Å². The summed E-state index contributed by atoms with van der Waals surface area (Å²) in [5.41, 5.74) is 0.487. The van der Waals surface area contributed by atoms with Gasteiger partial charge in [-0.1, -0.05) is 37.0 Å². The molecule has 0 amide bonds. The van der Waals surface area contributed by atoms with Gasteiger partial charge < -0.3 is 0 Å². The van der Waals surface area contributed by atoms with E-state index in [1.807, 2.05) is 19.2 Å². The van der Waals surface area contributed by atoms with Crippen LogP contribution in [-0.4, -0.2) is 11.0 Å². The summed E-state index contributed by atoms with van der Waals surface area (Å²) in [5, 5.41) is 11.0. The Hall–Kier alpha value is -0.690. The molecule has 5 heteroatoms. The van der Waals surface area contributed by atoms with E-state index < -0.39 is 0 Å². The number of thioether (sulfide) groups is 1. The second-order valence-corrected chi connectivity index (χ2v) is 5.61. The molecule has 0 spiro atoms. The highest BCUT2D eigenvalue weighted by Crippen LogP contribution is 2.27. The molecule has 0 saturated carbocycles. The number of hydrogen-bond acceptors (Lipinski definition) is 3. The standard InChI is InChI=1S/C12H11Cl2NOS/c1-7(2)12(17-6-15)11(16)8-3-4-9(13)10(14)5-8/h3-5,7,12H,1-2H3. The number of benzene rings is 1. The molecule has 90 valence electrons. The van der Waals surface area contributed by atoms with Crippen molar-refractivity contribution in [2.45, 2.75) is 19.1 Å². The lowest BCUT2D eigenvalue weighted by Gasteiger charge is -2.15. The molecule has 0 bridgehead atoms. The van der Waals surface area contributed by atoms with Gasteiger partial charge in [-0.2, -0.15) is 5.26 Å². The van der Waals surface area contributed by atoms with Crippen molar-refractivity contribution in [3.05, 3.63) is 33.8 Å². The first-order valence-electron chi connectivity index (χ1n) is 5.01. The number of ketones is 1. The first-order valence-corrected chi connectivity index (χ1v) is 6.65. The third-order valence-electron chi connectivity index (χ3n) is 2.25. The topological polar surface area (TPSA) is 40.9 Å². The number of nitrogens with zero attached hydrogens (tertiary/aromatic N) is 1. The van der Waals surface area contributed by atoms with E-state index >= 15 is 0 Å². The van der Waals surface area contributed by atoms with Gasteiger partial charge in [-0.3, -0.25) is 4.79 Å². The summed E-state index contributed by atoms with van der Waals surface area (Å²) in [6, 6.07) is 4.76. The minimum atomic E-state index is -0.378. The van der Waals surface area contributed by atoms with Gasteiger partial charge in [-0.05, 0) is 35.9 Å². The molecule has 0 aliphatic heterocycles. The van der Waals surface area contributed by atoms with Crippen molar-refractivity contribution in [1.29, 1.82) is 5.26 Å². The van der Waals surface area contributed by atoms with Crippen molar-refractivity contribution in [3.8, 4) is 5.40 Å². The molecule has 0 radical (unpaired) electrons. The zero-order valence-corrected chi connectivity index (χ0v) is 11.7. The van der Waals surface area contributed by atoms with Crippen molar-refractivity contribution in [3.63, 3.8) is 0 Å². The SMILES string of the molecule is CC(C)C(SC#N)C(=O)c1ccc(Cl)c(Cl)c1. The van der Waals surface area contributed by atoms with Gasteiger partial charge in [0.1, 0.15) is 5.40 Å². The molecule has 1 aromatic carbocycles. The summed E-state index contributed by atoms with van der Waals surface area (Å²) in [5.74, 6) is -0.00767. The number of halogens is 2. The lowest BCUT2D eigenvalue weighted by Crippen LogP contribution is -2.22. The van der Waals surface area contributed by atoms with Crippen molar-refractivity contribution in [2.75, 3.05) is 0 Å². The maximum atomic E-state index is 12.2. The quantitative estimate of drug-likeness (QED) is 0.608. The Morgan fingerprint density at radius 2 is 2.00 bits per heavy atom. The van der Waals surface area contributed by atoms with E-state index in [4.69, 9.17) is 28.5 Å². The Labute approximate surface area is 115 Å². The number of carbonyl (C=O) groups excluding carboxylic acids is 1. The van der Waals surface area contributed by atoms with E-state index in [1.54, 1.807) is 18.2 Å². The Balaban J connectivity index is 3.02. The van der Waals surface area contributed by atoms with Crippen molar-refractivity contribution in [2.24, 2.45) is 5.92 Å². The predicted molar refractivity (Wildman–Crippen MR) is 72.6 cm³/mol. The highest BCUT2D eigenvalue weighted by Gasteiger charge is 2.24. The Morgan fingerprint density at radius 3 is 2.47 bits per heavy atom. The van der Waals surface area contributed by atoms with Crippen molar-refractivity contribution >= 4 is 40.7 Å². The Morgan fingerprint density at radius 1 is 1.35 bits per heavy atom. The van der Waals surface area contributed by atoms with Crippen LogP contribution >= 0.6 is 35.0 Å². The molecular weight excluding hydrogens is 277 g/mol. The van der Waals surface area contributed by atoms with Crippen molar-refractivity contribution in [1.82, 2.24) is 0 Å². The second-order valence-electron chi connectivity index (χ2n) is 3.87. The molecule has 1 rings (SSSR count). The van der Waals surface area contributed by atoms with Crippen LogP contribution in [0.15, 0.2) is 18.2 Å². The molecule has 0 fully saturated rings. The predicted octanol–water partition coefficient (Wildman–Crippen LogP) is 4.41. The number of nitriles is 1. The Kier molecular flexibility index (Phi) is 5.32. The first kappa shape index (κ1) is 14.4. The van der Waals surface area contributed by atoms with E-state index in [0.717, 1.165) is 11.8 Å². The molecule has 17 heavy (non-hydrogen) atoms. The molecular formula is C12H11Cl2NOS. The van der Waals surface area contributed by atoms with Gasteiger partial charge in [0, 0.05) is 5.56 Å². The van der Waals surface area contributed by atoms with Gasteiger partial charge in [0.05, 0.1) is 15.3 Å². The molecule has 0 N–H and O–H groups in total. The zero-order chi connectivity index (χ0) is 13.0. The maximum Gasteiger partial charge on any atom is 0.177 e. The average Bonchev–Trinajstić information content (AvgIpc) is 2.28. The van der Waals surface area contributed by atoms with Crippen LogP contribution < -0.4 is 0 Å². The van der Waals surface area contributed by atoms with Crippen LogP contribution in [0.1, 0.15) is 24.2 Å². The Bertz CT molecular complexity index is 468. The third kappa shape index (κ3) is 3.64. The largest absolute Gasteiger partial charge is 0.293 e. The van der Waals surface area contributed by atoms with Crippen LogP contribution in [0.3, 0.4) is 0 Å². The second kappa shape index (κ2) is 6.30. The molecule has 0 saturated heterocycles. The van der Waals surface area contributed by atoms with Crippen LogP contribution in [0, 0.1) is 16.6 Å². The molecule has 0 aromatic heterocycles. The van der Waals surface area contributed by atoms with Crippen LogP contribution in [-0.2, 0) is 0 Å². The fourth-order valence-corrected chi connectivity index (χ4v) is 2.29. The van der Waals surface area contributed by atoms with Crippen LogP contribution in [0.5, 0.6) is 0 Å². The molecule has 0 heterocycles. The van der Waals surface area contributed by atoms with Crippen LogP contribution in [0.25, 0.3) is 0 Å². The number of hydrogen-bond donors (Lipinski definition) is 0. The fourth-order valence-electron chi connectivity index (χ4n) is 1.36. The van der Waals surface area contributed by atoms with Gasteiger partial charge in [-0.25, -0.2) is 0 Å². The first-order chi connectivity index (χ1) is 7.97. The molecule has 0 aliphatic rings. The molecule has 2 nitrogen and oxygen atoms in total. The monoisotopic (exact) mass is 287 g/mol. The number of carbonyl (C=O) groups is 1. The molecule has 0 aliphatic carbocycles. The van der Waals surface area contributed by atoms with Crippen molar-refractivity contribution < 1.29 is 4.79 Å². The average molecular weight is 288 g/mol. The lowest BCUT2D eigenvalue weighted by atomic mass is 10.0. The van der Waals surface area contributed by atoms with E-state index in [9.17, 15) is 4.79 Å². The van der Waals surface area contributed by atoms with E-state index in [2.05, 4.69) is 0 Å². The highest BCUT2D eigenvalue weighted by molar-refractivity contribution is 8.05. The molecule has 1 atom stereocenters. The minimum Gasteiger partial charge on any atom is -0.293 e. The summed E-state index contributed by atoms with van der Waals surface area (Å²) in [7, 11) is 0. The van der Waals surface area contributed by atoms with E-state index in [-0.39, 0.29) is 17.0 Å². The van der Waals surface area contributed by atoms with E-state index in [0.29, 0.717) is 15.6 Å². The van der Waals surface area contributed by atoms with Crippen LogP contribution in [0.2, 0.25) is 10.0 Å². The summed E-state index contributed by atoms with van der Waals surface area (Å²) in [4.78, 5) is 12.2. The number of thiocyanates is 1. The maximum absolute atomic E-state index is 12.2. The normalized spacial score (nSPS) is 12.2.